The number of amides is 1. The quantitative estimate of drug-likeness (QED) is 0.818. The first-order valence-corrected chi connectivity index (χ1v) is 8.45. The van der Waals surface area contributed by atoms with E-state index in [1.54, 1.807) is 18.2 Å². The van der Waals surface area contributed by atoms with E-state index in [1.165, 1.54) is 6.07 Å². The van der Waals surface area contributed by atoms with Gasteiger partial charge in [0, 0.05) is 23.0 Å². The molecule has 1 saturated heterocycles. The van der Waals surface area contributed by atoms with E-state index >= 15 is 0 Å². The van der Waals surface area contributed by atoms with E-state index in [0.29, 0.717) is 16.5 Å². The molecule has 0 aliphatic carbocycles. The summed E-state index contributed by atoms with van der Waals surface area (Å²) in [6, 6.07) is 12.3. The van der Waals surface area contributed by atoms with Crippen LogP contribution in [0.4, 0.5) is 4.39 Å². The molecule has 1 unspecified atom stereocenters. The standard InChI is InChI=1S/C19H20ClFN2O.ClH/c1-12(16-9-22-10-16)19(24)23-11-15-3-2-14(8-18(15)21)13-4-6-17(20)7-5-13;/h2-8,12,16,22H,9-11H2,1H3,(H,23,24);1H. The van der Waals surface area contributed by atoms with Crippen LogP contribution in [-0.4, -0.2) is 19.0 Å². The van der Waals surface area contributed by atoms with E-state index in [1.807, 2.05) is 25.1 Å². The lowest BCUT2D eigenvalue weighted by molar-refractivity contribution is -0.126. The van der Waals surface area contributed by atoms with Gasteiger partial charge in [0.15, 0.2) is 0 Å². The molecule has 1 heterocycles. The Hall–Kier alpha value is -1.62. The highest BCUT2D eigenvalue weighted by molar-refractivity contribution is 6.30. The van der Waals surface area contributed by atoms with Gasteiger partial charge in [-0.25, -0.2) is 4.39 Å². The van der Waals surface area contributed by atoms with Crippen LogP contribution in [0.3, 0.4) is 0 Å². The van der Waals surface area contributed by atoms with Crippen molar-refractivity contribution in [2.24, 2.45) is 11.8 Å². The van der Waals surface area contributed by atoms with Crippen LogP contribution in [-0.2, 0) is 11.3 Å². The van der Waals surface area contributed by atoms with Crippen molar-refractivity contribution in [2.75, 3.05) is 13.1 Å². The number of rotatable bonds is 5. The second kappa shape index (κ2) is 8.65. The van der Waals surface area contributed by atoms with Gasteiger partial charge in [-0.3, -0.25) is 4.79 Å². The third kappa shape index (κ3) is 4.72. The lowest BCUT2D eigenvalue weighted by Crippen LogP contribution is -2.49. The molecule has 1 atom stereocenters. The van der Waals surface area contributed by atoms with Crippen LogP contribution in [0.2, 0.25) is 5.02 Å². The summed E-state index contributed by atoms with van der Waals surface area (Å²) in [7, 11) is 0. The van der Waals surface area contributed by atoms with Crippen molar-refractivity contribution in [3.63, 3.8) is 0 Å². The second-order valence-electron chi connectivity index (χ2n) is 6.24. The Balaban J connectivity index is 0.00000225. The van der Waals surface area contributed by atoms with Gasteiger partial charge in [0.1, 0.15) is 5.82 Å². The summed E-state index contributed by atoms with van der Waals surface area (Å²) < 4.78 is 14.3. The molecule has 3 rings (SSSR count). The molecule has 2 aromatic rings. The predicted molar refractivity (Wildman–Crippen MR) is 101 cm³/mol. The van der Waals surface area contributed by atoms with Crippen molar-refractivity contribution in [2.45, 2.75) is 13.5 Å². The van der Waals surface area contributed by atoms with Crippen LogP contribution in [0.1, 0.15) is 12.5 Å². The minimum Gasteiger partial charge on any atom is -0.352 e. The first-order valence-electron chi connectivity index (χ1n) is 8.07. The molecule has 6 heteroatoms. The molecule has 0 aromatic heterocycles. The molecule has 0 saturated carbocycles. The van der Waals surface area contributed by atoms with Gasteiger partial charge in [-0.1, -0.05) is 42.8 Å². The molecule has 1 aliphatic rings. The fraction of sp³-hybridized carbons (Fsp3) is 0.316. The fourth-order valence-corrected chi connectivity index (χ4v) is 2.86. The Morgan fingerprint density at radius 1 is 1.24 bits per heavy atom. The number of hydrogen-bond acceptors (Lipinski definition) is 2. The van der Waals surface area contributed by atoms with E-state index in [-0.39, 0.29) is 36.6 Å². The maximum Gasteiger partial charge on any atom is 0.223 e. The van der Waals surface area contributed by atoms with Gasteiger partial charge < -0.3 is 10.6 Å². The van der Waals surface area contributed by atoms with Gasteiger partial charge >= 0.3 is 0 Å². The average molecular weight is 383 g/mol. The van der Waals surface area contributed by atoms with Crippen molar-refractivity contribution in [1.82, 2.24) is 10.6 Å². The van der Waals surface area contributed by atoms with Gasteiger partial charge in [0.05, 0.1) is 0 Å². The van der Waals surface area contributed by atoms with Crippen LogP contribution < -0.4 is 10.6 Å². The van der Waals surface area contributed by atoms with E-state index < -0.39 is 0 Å². The molecule has 3 nitrogen and oxygen atoms in total. The van der Waals surface area contributed by atoms with Crippen molar-refractivity contribution in [3.05, 3.63) is 58.9 Å². The van der Waals surface area contributed by atoms with E-state index in [0.717, 1.165) is 24.2 Å². The Kier molecular flexibility index (Phi) is 6.82. The summed E-state index contributed by atoms with van der Waals surface area (Å²) in [5.74, 6) is -0.0202. The van der Waals surface area contributed by atoms with E-state index in [4.69, 9.17) is 11.6 Å². The zero-order valence-corrected chi connectivity index (χ0v) is 15.5. The summed E-state index contributed by atoms with van der Waals surface area (Å²) in [6.07, 6.45) is 0. The lowest BCUT2D eigenvalue weighted by atomic mass is 9.88. The molecule has 1 fully saturated rings. The van der Waals surface area contributed by atoms with Crippen molar-refractivity contribution >= 4 is 29.9 Å². The highest BCUT2D eigenvalue weighted by Gasteiger charge is 2.28. The molecule has 1 amide bonds. The van der Waals surface area contributed by atoms with Gasteiger partial charge in [-0.05, 0) is 48.3 Å². The molecule has 0 radical (unpaired) electrons. The molecule has 2 aromatic carbocycles. The predicted octanol–water partition coefficient (Wildman–Crippen LogP) is 4.04. The van der Waals surface area contributed by atoms with Crippen molar-refractivity contribution in [3.8, 4) is 11.1 Å². The Labute approximate surface area is 158 Å². The summed E-state index contributed by atoms with van der Waals surface area (Å²) in [4.78, 5) is 12.1. The number of carbonyl (C=O) groups is 1. The monoisotopic (exact) mass is 382 g/mol. The van der Waals surface area contributed by atoms with Gasteiger partial charge in [0.2, 0.25) is 5.91 Å². The fourth-order valence-electron chi connectivity index (χ4n) is 2.73. The number of carbonyl (C=O) groups excluding carboxylic acids is 1. The Bertz CT molecular complexity index is 733. The normalized spacial score (nSPS) is 15.0. The summed E-state index contributed by atoms with van der Waals surface area (Å²) >= 11 is 5.87. The van der Waals surface area contributed by atoms with Gasteiger partial charge in [-0.2, -0.15) is 0 Å². The molecule has 2 N–H and O–H groups in total. The highest BCUT2D eigenvalue weighted by atomic mass is 35.5. The lowest BCUT2D eigenvalue weighted by Gasteiger charge is -2.31. The van der Waals surface area contributed by atoms with Crippen LogP contribution in [0, 0.1) is 17.7 Å². The number of halogens is 3. The summed E-state index contributed by atoms with van der Waals surface area (Å²) in [5.41, 5.74) is 2.17. The van der Waals surface area contributed by atoms with Gasteiger partial charge in [-0.15, -0.1) is 12.4 Å². The number of benzene rings is 2. The zero-order chi connectivity index (χ0) is 17.1. The van der Waals surface area contributed by atoms with Crippen LogP contribution in [0.15, 0.2) is 42.5 Å². The average Bonchev–Trinajstić information content (AvgIpc) is 2.52. The van der Waals surface area contributed by atoms with Crippen LogP contribution in [0.5, 0.6) is 0 Å². The van der Waals surface area contributed by atoms with Crippen molar-refractivity contribution in [1.29, 1.82) is 0 Å². The first-order chi connectivity index (χ1) is 11.5. The minimum absolute atomic E-state index is 0. The first kappa shape index (κ1) is 19.7. The molecular weight excluding hydrogens is 362 g/mol. The molecule has 1 aliphatic heterocycles. The second-order valence-corrected chi connectivity index (χ2v) is 6.67. The van der Waals surface area contributed by atoms with Crippen LogP contribution >= 0.6 is 24.0 Å². The van der Waals surface area contributed by atoms with Gasteiger partial charge in [0.25, 0.3) is 0 Å². The molecule has 25 heavy (non-hydrogen) atoms. The molecule has 134 valence electrons. The Morgan fingerprint density at radius 2 is 1.88 bits per heavy atom. The summed E-state index contributed by atoms with van der Waals surface area (Å²) in [5, 5.41) is 6.64. The largest absolute Gasteiger partial charge is 0.352 e. The maximum atomic E-state index is 14.3. The maximum absolute atomic E-state index is 14.3. The van der Waals surface area contributed by atoms with E-state index in [9.17, 15) is 9.18 Å². The number of hydrogen-bond donors (Lipinski definition) is 2. The minimum atomic E-state index is -0.319. The highest BCUT2D eigenvalue weighted by Crippen LogP contribution is 2.24. The molecule has 0 spiro atoms. The molecule has 0 bridgehead atoms. The summed E-state index contributed by atoms with van der Waals surface area (Å²) in [6.45, 7) is 3.87. The van der Waals surface area contributed by atoms with E-state index in [2.05, 4.69) is 10.6 Å². The zero-order valence-electron chi connectivity index (χ0n) is 13.9. The third-order valence-electron chi connectivity index (χ3n) is 4.62. The SMILES string of the molecule is CC(C(=O)NCc1ccc(-c2ccc(Cl)cc2)cc1F)C1CNC1.Cl. The molecular formula is C19H21Cl2FN2O. The number of nitrogens with one attached hydrogen (secondary N) is 2. The topological polar surface area (TPSA) is 41.1 Å². The van der Waals surface area contributed by atoms with Crippen molar-refractivity contribution < 1.29 is 9.18 Å². The third-order valence-corrected chi connectivity index (χ3v) is 4.87. The van der Waals surface area contributed by atoms with Crippen LogP contribution in [0.25, 0.3) is 11.1 Å². The Morgan fingerprint density at radius 3 is 2.44 bits per heavy atom. The smallest absolute Gasteiger partial charge is 0.223 e.